The third-order valence-corrected chi connectivity index (χ3v) is 4.59. The van der Waals surface area contributed by atoms with Gasteiger partial charge in [0.1, 0.15) is 0 Å². The Morgan fingerprint density at radius 1 is 1.32 bits per heavy atom. The van der Waals surface area contributed by atoms with E-state index in [0.717, 1.165) is 18.5 Å². The molecule has 0 aliphatic rings. The van der Waals surface area contributed by atoms with Gasteiger partial charge in [0.15, 0.2) is 4.77 Å². The molecule has 7 nitrogen and oxygen atoms in total. The predicted molar refractivity (Wildman–Crippen MR) is 116 cm³/mol. The maximum atomic E-state index is 12.2. The van der Waals surface area contributed by atoms with Crippen LogP contribution in [0.4, 0.5) is 5.69 Å². The molecule has 0 radical (unpaired) electrons. The maximum absolute atomic E-state index is 12.2. The largest absolute Gasteiger partial charge is 0.505 e. The number of likely N-dealkylation sites (N-methyl/N-ethyl adjacent to an activating group) is 1. The standard InChI is InChI=1S/C19H25N5O2S2/c1-4-13-7-8-15(12-14(13)6-5-11-26-3)24(2)10-9-20-17(25)16-21-18(27)23-19(28)22-16/h5,7-8,11-12H,4,6,9-10H2,1-3H3,(H,20,25)(H2,21,22,23,27,28). The van der Waals surface area contributed by atoms with Crippen molar-refractivity contribution in [3.05, 3.63) is 57.0 Å². The van der Waals surface area contributed by atoms with Crippen molar-refractivity contribution in [3.63, 3.8) is 0 Å². The van der Waals surface area contributed by atoms with Gasteiger partial charge >= 0.3 is 0 Å². The lowest BCUT2D eigenvalue weighted by molar-refractivity contribution is 0.0943. The van der Waals surface area contributed by atoms with E-state index in [1.807, 2.05) is 13.1 Å². The molecular formula is C19H25N5O2S2. The molecule has 2 rings (SSSR count). The Morgan fingerprint density at radius 3 is 2.79 bits per heavy atom. The molecule has 0 spiro atoms. The van der Waals surface area contributed by atoms with Crippen LogP contribution >= 0.6 is 24.4 Å². The zero-order chi connectivity index (χ0) is 20.5. The fraction of sp³-hybridized carbons (Fsp3) is 0.368. The molecule has 1 aromatic carbocycles. The summed E-state index contributed by atoms with van der Waals surface area (Å²) in [7, 11) is 3.63. The van der Waals surface area contributed by atoms with Crippen LogP contribution in [0.15, 0.2) is 30.5 Å². The molecule has 0 fully saturated rings. The third-order valence-electron chi connectivity index (χ3n) is 4.20. The van der Waals surface area contributed by atoms with Crippen molar-refractivity contribution in [3.8, 4) is 0 Å². The van der Waals surface area contributed by atoms with E-state index in [-0.39, 0.29) is 21.3 Å². The van der Waals surface area contributed by atoms with Gasteiger partial charge in [-0.05, 0) is 66.6 Å². The molecule has 0 unspecified atom stereocenters. The van der Waals surface area contributed by atoms with Crippen LogP contribution in [0.25, 0.3) is 0 Å². The summed E-state index contributed by atoms with van der Waals surface area (Å²) in [6.07, 6.45) is 5.49. The van der Waals surface area contributed by atoms with Crippen molar-refractivity contribution < 1.29 is 9.53 Å². The number of carbonyl (C=O) groups is 1. The Bertz CT molecular complexity index is 924. The smallest absolute Gasteiger partial charge is 0.287 e. The maximum Gasteiger partial charge on any atom is 0.287 e. The summed E-state index contributed by atoms with van der Waals surface area (Å²) < 4.78 is 5.44. The van der Waals surface area contributed by atoms with Gasteiger partial charge in [-0.25, -0.2) is 0 Å². The zero-order valence-electron chi connectivity index (χ0n) is 16.2. The summed E-state index contributed by atoms with van der Waals surface area (Å²) in [5.74, 6) is -0.234. The van der Waals surface area contributed by atoms with Crippen LogP contribution in [-0.2, 0) is 17.6 Å². The van der Waals surface area contributed by atoms with E-state index in [2.05, 4.69) is 50.3 Å². The van der Waals surface area contributed by atoms with E-state index in [1.54, 1.807) is 13.4 Å². The van der Waals surface area contributed by atoms with Crippen LogP contribution in [0.1, 0.15) is 28.7 Å². The van der Waals surface area contributed by atoms with Gasteiger partial charge in [0.2, 0.25) is 10.6 Å². The lowest BCUT2D eigenvalue weighted by atomic mass is 10.0. The Hall–Kier alpha value is -2.52. The first-order valence-electron chi connectivity index (χ1n) is 8.94. The fourth-order valence-electron chi connectivity index (χ4n) is 2.71. The van der Waals surface area contributed by atoms with Gasteiger partial charge in [0, 0.05) is 25.8 Å². The number of ether oxygens (including phenoxy) is 1. The van der Waals surface area contributed by atoms with Crippen LogP contribution in [0.5, 0.6) is 0 Å². The molecule has 0 aliphatic heterocycles. The summed E-state index contributed by atoms with van der Waals surface area (Å²) in [4.78, 5) is 23.6. The van der Waals surface area contributed by atoms with Gasteiger partial charge in [-0.3, -0.25) is 4.79 Å². The normalized spacial score (nSPS) is 10.8. The fourth-order valence-corrected chi connectivity index (χ4v) is 3.16. The second-order valence-corrected chi connectivity index (χ2v) is 6.94. The number of aryl methyl sites for hydroxylation is 1. The molecule has 0 saturated heterocycles. The van der Waals surface area contributed by atoms with Crippen LogP contribution < -0.4 is 10.2 Å². The highest BCUT2D eigenvalue weighted by molar-refractivity contribution is 7.71. The number of carbonyl (C=O) groups excluding carboxylic acids is 1. The summed E-state index contributed by atoms with van der Waals surface area (Å²) >= 11 is 9.92. The molecule has 1 heterocycles. The first kappa shape index (κ1) is 21.8. The zero-order valence-corrected chi connectivity index (χ0v) is 17.9. The number of allylic oxidation sites excluding steroid dienone is 1. The van der Waals surface area contributed by atoms with Gasteiger partial charge < -0.3 is 24.9 Å². The van der Waals surface area contributed by atoms with Crippen molar-refractivity contribution in [2.45, 2.75) is 19.8 Å². The lowest BCUT2D eigenvalue weighted by Gasteiger charge is -2.21. The van der Waals surface area contributed by atoms with Gasteiger partial charge in [-0.15, -0.1) is 0 Å². The molecule has 3 N–H and O–H groups in total. The Morgan fingerprint density at radius 2 is 2.11 bits per heavy atom. The SMILES string of the molecule is CCc1ccc(N(C)CCNC(=O)c2nc(=S)[nH]c(=S)[nH]2)cc1CC=COC. The molecule has 0 atom stereocenters. The summed E-state index contributed by atoms with van der Waals surface area (Å²) in [5.41, 5.74) is 3.67. The number of amides is 1. The second kappa shape index (κ2) is 10.7. The molecule has 0 saturated carbocycles. The topological polar surface area (TPSA) is 86.0 Å². The molecule has 1 amide bonds. The van der Waals surface area contributed by atoms with Gasteiger partial charge in [-0.1, -0.05) is 13.0 Å². The molecular weight excluding hydrogens is 394 g/mol. The molecule has 0 aliphatic carbocycles. The number of H-pyrrole nitrogens is 2. The quantitative estimate of drug-likeness (QED) is 0.427. The van der Waals surface area contributed by atoms with E-state index in [1.165, 1.54) is 11.1 Å². The van der Waals surface area contributed by atoms with Crippen LogP contribution in [0.2, 0.25) is 0 Å². The van der Waals surface area contributed by atoms with E-state index in [9.17, 15) is 4.79 Å². The van der Waals surface area contributed by atoms with E-state index in [4.69, 9.17) is 29.2 Å². The highest BCUT2D eigenvalue weighted by atomic mass is 32.1. The van der Waals surface area contributed by atoms with Gasteiger partial charge in [0.05, 0.1) is 13.4 Å². The monoisotopic (exact) mass is 419 g/mol. The number of nitrogens with zero attached hydrogens (tertiary/aromatic N) is 2. The number of aromatic amines is 2. The average molecular weight is 420 g/mol. The van der Waals surface area contributed by atoms with E-state index < -0.39 is 0 Å². The molecule has 150 valence electrons. The number of benzene rings is 1. The minimum absolute atomic E-state index is 0.107. The summed E-state index contributed by atoms with van der Waals surface area (Å²) in [6.45, 7) is 3.25. The summed E-state index contributed by atoms with van der Waals surface area (Å²) in [6, 6.07) is 6.42. The first-order chi connectivity index (χ1) is 13.4. The molecule has 2 aromatic rings. The number of aromatic nitrogens is 3. The highest BCUT2D eigenvalue weighted by Gasteiger charge is 2.09. The molecule has 1 aromatic heterocycles. The van der Waals surface area contributed by atoms with Crippen LogP contribution in [0.3, 0.4) is 0 Å². The lowest BCUT2D eigenvalue weighted by Crippen LogP contribution is -2.34. The first-order valence-corrected chi connectivity index (χ1v) is 9.75. The van der Waals surface area contributed by atoms with E-state index >= 15 is 0 Å². The Kier molecular flexibility index (Phi) is 8.34. The van der Waals surface area contributed by atoms with Gasteiger partial charge in [-0.2, -0.15) is 4.98 Å². The van der Waals surface area contributed by atoms with E-state index in [0.29, 0.717) is 13.1 Å². The molecule has 0 bridgehead atoms. The third kappa shape index (κ3) is 6.28. The van der Waals surface area contributed by atoms with Crippen molar-refractivity contribution in [1.29, 1.82) is 0 Å². The minimum atomic E-state index is -0.341. The second-order valence-electron chi connectivity index (χ2n) is 6.14. The molecule has 28 heavy (non-hydrogen) atoms. The number of anilines is 1. The Labute approximate surface area is 174 Å². The predicted octanol–water partition coefficient (Wildman–Crippen LogP) is 3.33. The molecule has 9 heteroatoms. The van der Waals surface area contributed by atoms with Crippen molar-refractivity contribution in [2.75, 3.05) is 32.1 Å². The number of rotatable bonds is 9. The number of nitrogens with one attached hydrogen (secondary N) is 3. The van der Waals surface area contributed by atoms with Crippen LogP contribution in [0, 0.1) is 9.54 Å². The van der Waals surface area contributed by atoms with Crippen molar-refractivity contribution in [2.24, 2.45) is 0 Å². The van der Waals surface area contributed by atoms with Crippen molar-refractivity contribution >= 4 is 36.0 Å². The summed E-state index contributed by atoms with van der Waals surface area (Å²) in [5, 5.41) is 2.82. The number of hydrogen-bond donors (Lipinski definition) is 3. The Balaban J connectivity index is 1.98. The number of hydrogen-bond acceptors (Lipinski definition) is 6. The number of methoxy groups -OCH3 is 1. The van der Waals surface area contributed by atoms with Crippen molar-refractivity contribution in [1.82, 2.24) is 20.3 Å². The highest BCUT2D eigenvalue weighted by Crippen LogP contribution is 2.20. The van der Waals surface area contributed by atoms with Crippen LogP contribution in [-0.4, -0.2) is 48.1 Å². The van der Waals surface area contributed by atoms with Gasteiger partial charge in [0.25, 0.3) is 5.91 Å². The average Bonchev–Trinajstić information content (AvgIpc) is 2.67. The minimum Gasteiger partial charge on any atom is -0.505 e.